The van der Waals surface area contributed by atoms with Crippen molar-refractivity contribution in [3.8, 4) is 23.1 Å². The lowest BCUT2D eigenvalue weighted by atomic mass is 9.78. The summed E-state index contributed by atoms with van der Waals surface area (Å²) in [6.07, 6.45) is 12.1. The average Bonchev–Trinajstić information content (AvgIpc) is 3.71. The van der Waals surface area contributed by atoms with Crippen molar-refractivity contribution in [3.05, 3.63) is 107 Å². The minimum atomic E-state index is -4.51. The van der Waals surface area contributed by atoms with Gasteiger partial charge in [0, 0.05) is 67.2 Å². The monoisotopic (exact) mass is 934 g/mol. The van der Waals surface area contributed by atoms with Crippen LogP contribution in [0.15, 0.2) is 93.9 Å². The molecular weight excluding hydrogens is 867 g/mol. The number of hydrogen-bond donors (Lipinski definition) is 3. The SMILES string of the molecule is CC[N+](CC)=c1ccc2c(C(C)(C)C)cc(C=CC=CC=C3N(CCCCCC(=O)On4c(O)ccc4O)c4ccc(S(=O)(=O)O)cc4C3(C)CCOCCOCCOCCOC)oc-2c1. The number of rotatable bonds is 25. The summed E-state index contributed by atoms with van der Waals surface area (Å²) in [6.45, 7) is 18.1. The summed E-state index contributed by atoms with van der Waals surface area (Å²) < 4.78 is 66.7. The van der Waals surface area contributed by atoms with Gasteiger partial charge >= 0.3 is 5.97 Å². The molecule has 1 atom stereocenters. The number of aromatic hydroxyl groups is 2. The van der Waals surface area contributed by atoms with E-state index < -0.39 is 33.3 Å². The Morgan fingerprint density at radius 2 is 1.50 bits per heavy atom. The molecule has 3 heterocycles. The first-order chi connectivity index (χ1) is 31.5. The zero-order valence-electron chi connectivity index (χ0n) is 39.5. The number of anilines is 1. The molecule has 0 bridgehead atoms. The summed E-state index contributed by atoms with van der Waals surface area (Å²) in [6, 6.07) is 15.6. The molecule has 1 aromatic carbocycles. The second-order valence-electron chi connectivity index (χ2n) is 17.3. The number of hydrogen-bond acceptors (Lipinski definition) is 12. The molecule has 5 rings (SSSR count). The minimum absolute atomic E-state index is 0.0561. The molecule has 16 heteroatoms. The first-order valence-electron chi connectivity index (χ1n) is 22.7. The van der Waals surface area contributed by atoms with Gasteiger partial charge in [0.05, 0.1) is 50.6 Å². The van der Waals surface area contributed by atoms with Crippen molar-refractivity contribution in [2.75, 3.05) is 77.9 Å². The molecule has 0 radical (unpaired) electrons. The van der Waals surface area contributed by atoms with Gasteiger partial charge in [-0.1, -0.05) is 45.4 Å². The van der Waals surface area contributed by atoms with Crippen LogP contribution in [0.4, 0.5) is 5.69 Å². The van der Waals surface area contributed by atoms with Gasteiger partial charge in [-0.05, 0) is 99.1 Å². The van der Waals surface area contributed by atoms with Gasteiger partial charge < -0.3 is 43.3 Å². The fraction of sp³-hybridized carbons (Fsp3) is 0.480. The Labute approximate surface area is 389 Å². The summed E-state index contributed by atoms with van der Waals surface area (Å²) >= 11 is 0. The minimum Gasteiger partial charge on any atom is -0.492 e. The van der Waals surface area contributed by atoms with Crippen LogP contribution in [0.5, 0.6) is 11.8 Å². The highest BCUT2D eigenvalue weighted by atomic mass is 32.2. The van der Waals surface area contributed by atoms with Crippen LogP contribution in [-0.2, 0) is 44.7 Å². The molecule has 0 saturated carbocycles. The highest BCUT2D eigenvalue weighted by molar-refractivity contribution is 7.85. The molecule has 0 saturated heterocycles. The Hall–Kier alpha value is -5.23. The van der Waals surface area contributed by atoms with Gasteiger partial charge in [-0.25, -0.2) is 9.37 Å². The van der Waals surface area contributed by atoms with Crippen LogP contribution < -0.4 is 19.7 Å². The number of allylic oxidation sites excluding steroid dienone is 5. The number of benzene rings is 2. The first kappa shape index (κ1) is 51.7. The van der Waals surface area contributed by atoms with E-state index in [1.54, 1.807) is 13.2 Å². The van der Waals surface area contributed by atoms with E-state index in [1.165, 1.54) is 29.8 Å². The second-order valence-corrected chi connectivity index (χ2v) is 18.7. The van der Waals surface area contributed by atoms with Crippen molar-refractivity contribution >= 4 is 27.9 Å². The van der Waals surface area contributed by atoms with E-state index >= 15 is 0 Å². The molecule has 3 N–H and O–H groups in total. The normalized spacial score (nSPS) is 16.1. The Kier molecular flexibility index (Phi) is 18.8. The highest BCUT2D eigenvalue weighted by Gasteiger charge is 2.43. The molecule has 15 nitrogen and oxygen atoms in total. The summed E-state index contributed by atoms with van der Waals surface area (Å²) in [5.74, 6) is 0.139. The van der Waals surface area contributed by atoms with Gasteiger partial charge in [0.15, 0.2) is 0 Å². The number of unbranched alkanes of at least 4 members (excludes halogenated alkanes) is 2. The average molecular weight is 935 g/mol. The van der Waals surface area contributed by atoms with Crippen LogP contribution in [0.25, 0.3) is 17.4 Å². The number of ether oxygens (including phenoxy) is 4. The van der Waals surface area contributed by atoms with Crippen molar-refractivity contribution in [3.63, 3.8) is 0 Å². The van der Waals surface area contributed by atoms with E-state index in [0.29, 0.717) is 89.0 Å². The highest BCUT2D eigenvalue weighted by Crippen LogP contribution is 2.51. The van der Waals surface area contributed by atoms with Gasteiger partial charge in [-0.3, -0.25) is 4.55 Å². The van der Waals surface area contributed by atoms with Gasteiger partial charge in [0.1, 0.15) is 24.6 Å². The maximum Gasteiger partial charge on any atom is 0.333 e. The smallest absolute Gasteiger partial charge is 0.333 e. The molecule has 2 aromatic rings. The lowest BCUT2D eigenvalue weighted by Crippen LogP contribution is -2.30. The zero-order chi connectivity index (χ0) is 47.9. The molecule has 1 unspecified atom stereocenters. The number of methoxy groups -OCH3 is 1. The third-order valence-corrected chi connectivity index (χ3v) is 12.5. The maximum atomic E-state index is 12.5. The van der Waals surface area contributed by atoms with Gasteiger partial charge in [0.2, 0.25) is 17.1 Å². The predicted molar refractivity (Wildman–Crippen MR) is 254 cm³/mol. The van der Waals surface area contributed by atoms with E-state index in [0.717, 1.165) is 46.7 Å². The summed E-state index contributed by atoms with van der Waals surface area (Å²) in [4.78, 5) is 19.6. The van der Waals surface area contributed by atoms with Crippen molar-refractivity contribution in [2.24, 2.45) is 0 Å². The Balaban J connectivity index is 1.40. The van der Waals surface area contributed by atoms with Crippen LogP contribution in [0.2, 0.25) is 0 Å². The van der Waals surface area contributed by atoms with Crippen LogP contribution in [0.1, 0.15) is 90.5 Å². The molecule has 0 amide bonds. The largest absolute Gasteiger partial charge is 0.492 e. The Morgan fingerprint density at radius 1 is 0.833 bits per heavy atom. The van der Waals surface area contributed by atoms with Gasteiger partial charge in [-0.15, -0.1) is 4.73 Å². The van der Waals surface area contributed by atoms with Crippen molar-refractivity contribution < 1.29 is 56.2 Å². The molecule has 66 heavy (non-hydrogen) atoms. The quantitative estimate of drug-likeness (QED) is 0.0258. The molecule has 1 aromatic heterocycles. The topological polar surface area (TPSA) is 182 Å². The number of carbonyl (C=O) groups excluding carboxylic acids is 1. The third-order valence-electron chi connectivity index (χ3n) is 11.6. The number of aromatic nitrogens is 1. The Bertz CT molecular complexity index is 2450. The van der Waals surface area contributed by atoms with Crippen LogP contribution >= 0.6 is 0 Å². The van der Waals surface area contributed by atoms with Crippen LogP contribution in [0, 0.1) is 0 Å². The van der Waals surface area contributed by atoms with Gasteiger partial charge in [0.25, 0.3) is 10.1 Å². The lowest BCUT2D eigenvalue weighted by molar-refractivity contribution is -0.145. The van der Waals surface area contributed by atoms with Gasteiger partial charge in [-0.2, -0.15) is 8.42 Å². The molecule has 2 aliphatic heterocycles. The lowest BCUT2D eigenvalue weighted by Gasteiger charge is -2.30. The number of nitrogens with zero attached hydrogens (tertiary/aromatic N) is 3. The molecule has 3 aliphatic rings. The van der Waals surface area contributed by atoms with Crippen molar-refractivity contribution in [1.29, 1.82) is 0 Å². The second kappa shape index (κ2) is 24.0. The third kappa shape index (κ3) is 13.7. The summed E-state index contributed by atoms with van der Waals surface area (Å²) in [5.41, 5.74) is 3.79. The molecule has 360 valence electrons. The van der Waals surface area contributed by atoms with E-state index in [-0.39, 0.29) is 16.7 Å². The van der Waals surface area contributed by atoms with E-state index in [2.05, 4.69) is 68.4 Å². The molecule has 0 fully saturated rings. The number of carbonyl (C=O) groups is 1. The standard InChI is InChI=1S/C50H67N3O12S/c1-8-51(9-2)37-19-21-40-41(49(3,4)5)35-38(64-44(40)34-37)16-12-10-13-17-45-50(6,25-27-61-30-31-63-33-32-62-29-28-60-7)42-36-39(66(57,58)59)20-22-43(42)52(45)26-15-11-14-18-48(56)65-53-46(54)23-24-47(53)55/h10,12-13,16-17,19-24,34-36H,8-9,11,14-15,18,25-33H2,1-7H3,(H2-,54,55,57,58,59)/p+1. The van der Waals surface area contributed by atoms with Crippen LogP contribution in [0.3, 0.4) is 0 Å². The van der Waals surface area contributed by atoms with E-state index in [4.69, 9.17) is 28.2 Å². The van der Waals surface area contributed by atoms with E-state index in [1.807, 2.05) is 37.3 Å². The van der Waals surface area contributed by atoms with Crippen molar-refractivity contribution in [1.82, 2.24) is 9.31 Å². The predicted octanol–water partition coefficient (Wildman–Crippen LogP) is 7.49. The summed E-state index contributed by atoms with van der Waals surface area (Å²) in [5, 5.41) is 20.8. The van der Waals surface area contributed by atoms with Crippen LogP contribution in [-0.4, -0.2) is 107 Å². The fourth-order valence-electron chi connectivity index (χ4n) is 8.06. The molecule has 0 spiro atoms. The van der Waals surface area contributed by atoms with Crippen molar-refractivity contribution in [2.45, 2.75) is 89.4 Å². The molecular formula is C50H68N3O12S+. The zero-order valence-corrected chi connectivity index (χ0v) is 40.3. The Morgan fingerprint density at radius 3 is 2.14 bits per heavy atom. The summed E-state index contributed by atoms with van der Waals surface area (Å²) in [7, 11) is -2.89. The molecule has 1 aliphatic carbocycles. The van der Waals surface area contributed by atoms with E-state index in [9.17, 15) is 28.0 Å². The number of fused-ring (bicyclic) bond motifs is 2. The fourth-order valence-corrected chi connectivity index (χ4v) is 8.57. The maximum absolute atomic E-state index is 12.5. The first-order valence-corrected chi connectivity index (χ1v) is 24.1.